The Bertz CT molecular complexity index is 4950. The van der Waals surface area contributed by atoms with Gasteiger partial charge in [0.05, 0.1) is 33.5 Å². The predicted octanol–water partition coefficient (Wildman–Crippen LogP) is 17.9. The van der Waals surface area contributed by atoms with Gasteiger partial charge in [0, 0.05) is 95.4 Å². The smallest absolute Gasteiger partial charge is 0.238 e. The molecule has 0 saturated heterocycles. The molecular weight excluding hydrogens is 967 g/mol. The fourth-order valence-corrected chi connectivity index (χ4v) is 13.5. The predicted molar refractivity (Wildman–Crippen MR) is 317 cm³/mol. The highest BCUT2D eigenvalue weighted by atomic mass is 32.1. The standard InChI is InChI=1S/C67H39N7S2/c1-3-16-40(17-4-1)54-39-55(41-18-5-2-6-19-41)69-64(68-54)42-20-15-21-45(36-42)73-56-26-11-7-22-46(56)51-33-34-52-47-23-8-12-27-57(47)74(63(52)62(51)73)67-71-65(43-31-35-60-53(37-43)49-25-10-14-29-59(49)75-60)70-66(72-67)44-30-32-50-48-24-9-13-28-58(48)76-61(50)38-44/h1-39H. The van der Waals surface area contributed by atoms with Crippen molar-refractivity contribution in [3.63, 3.8) is 0 Å². The molecule has 0 aliphatic heterocycles. The van der Waals surface area contributed by atoms with Crippen LogP contribution in [0.25, 0.3) is 152 Å². The van der Waals surface area contributed by atoms with Gasteiger partial charge in [0.15, 0.2) is 17.5 Å². The van der Waals surface area contributed by atoms with E-state index in [2.05, 4.69) is 234 Å². The van der Waals surface area contributed by atoms with Crippen molar-refractivity contribution in [3.8, 4) is 68.3 Å². The molecule has 7 nitrogen and oxygen atoms in total. The van der Waals surface area contributed by atoms with Crippen LogP contribution in [0.3, 0.4) is 0 Å². The molecule has 0 atom stereocenters. The molecule has 9 heteroatoms. The van der Waals surface area contributed by atoms with E-state index in [4.69, 9.17) is 24.9 Å². The van der Waals surface area contributed by atoms with Gasteiger partial charge in [-0.1, -0.05) is 170 Å². The molecule has 0 amide bonds. The lowest BCUT2D eigenvalue weighted by molar-refractivity contribution is 0.954. The second-order valence-electron chi connectivity index (χ2n) is 19.2. The third kappa shape index (κ3) is 6.76. The van der Waals surface area contributed by atoms with Crippen LogP contribution in [0.15, 0.2) is 237 Å². The first-order chi connectivity index (χ1) is 37.6. The van der Waals surface area contributed by atoms with E-state index in [9.17, 15) is 0 Å². The summed E-state index contributed by atoms with van der Waals surface area (Å²) in [5, 5.41) is 9.34. The van der Waals surface area contributed by atoms with Gasteiger partial charge in [0.2, 0.25) is 5.95 Å². The van der Waals surface area contributed by atoms with E-state index in [1.165, 1.54) is 40.3 Å². The quantitative estimate of drug-likeness (QED) is 0.159. The van der Waals surface area contributed by atoms with Crippen LogP contribution in [0.2, 0.25) is 0 Å². The number of hydrogen-bond acceptors (Lipinski definition) is 7. The zero-order valence-electron chi connectivity index (χ0n) is 40.5. The van der Waals surface area contributed by atoms with E-state index in [0.717, 1.165) is 88.5 Å². The van der Waals surface area contributed by atoms with Crippen molar-refractivity contribution in [2.24, 2.45) is 0 Å². The molecular formula is C67H39N7S2. The first-order valence-corrected chi connectivity index (χ1v) is 26.9. The van der Waals surface area contributed by atoms with Crippen LogP contribution in [-0.4, -0.2) is 34.1 Å². The Balaban J connectivity index is 0.961. The fourth-order valence-electron chi connectivity index (χ4n) is 11.3. The monoisotopic (exact) mass is 1010 g/mol. The summed E-state index contributed by atoms with van der Waals surface area (Å²) in [6.45, 7) is 0. The maximum atomic E-state index is 5.54. The Hall–Kier alpha value is -9.67. The van der Waals surface area contributed by atoms with Crippen molar-refractivity contribution in [2.45, 2.75) is 0 Å². The normalized spacial score (nSPS) is 11.9. The number of nitrogens with zero attached hydrogens (tertiary/aromatic N) is 7. The van der Waals surface area contributed by atoms with E-state index in [1.807, 2.05) is 23.5 Å². The van der Waals surface area contributed by atoms with Crippen LogP contribution in [-0.2, 0) is 0 Å². The second-order valence-corrected chi connectivity index (χ2v) is 21.4. The largest absolute Gasteiger partial charge is 0.307 e. The van der Waals surface area contributed by atoms with Crippen LogP contribution >= 0.6 is 22.7 Å². The third-order valence-electron chi connectivity index (χ3n) is 14.8. The van der Waals surface area contributed by atoms with Gasteiger partial charge in [0.1, 0.15) is 0 Å². The number of benzene rings is 10. The van der Waals surface area contributed by atoms with Crippen molar-refractivity contribution in [1.82, 2.24) is 34.1 Å². The topological polar surface area (TPSA) is 74.3 Å². The SMILES string of the molecule is c1ccc(-c2cc(-c3ccccc3)nc(-c3cccc(-n4c5ccccc5c5ccc6c7ccccc7n(-c7nc(-c8ccc9c(c8)sc8ccccc89)nc(-c8ccc9sc%10ccccc%10c9c8)n7)c6c54)c3)n2)cc1. The number of fused-ring (bicyclic) bond motifs is 13. The molecule has 0 fully saturated rings. The maximum absolute atomic E-state index is 5.54. The average molecular weight is 1010 g/mol. The van der Waals surface area contributed by atoms with Crippen LogP contribution in [0.1, 0.15) is 0 Å². The molecule has 10 aromatic carbocycles. The Morgan fingerprint density at radius 2 is 0.724 bits per heavy atom. The summed E-state index contributed by atoms with van der Waals surface area (Å²) in [5.74, 6) is 2.39. The molecule has 0 aliphatic carbocycles. The molecule has 76 heavy (non-hydrogen) atoms. The molecule has 0 aliphatic rings. The summed E-state index contributed by atoms with van der Waals surface area (Å²) >= 11 is 3.60. The minimum atomic E-state index is 0.538. The number of rotatable bonds is 7. The Kier molecular flexibility index (Phi) is 9.54. The van der Waals surface area contributed by atoms with Crippen LogP contribution in [0.5, 0.6) is 0 Å². The zero-order valence-corrected chi connectivity index (χ0v) is 42.1. The summed E-state index contributed by atoms with van der Waals surface area (Å²) in [4.78, 5) is 27.0. The molecule has 0 spiro atoms. The summed E-state index contributed by atoms with van der Waals surface area (Å²) in [5.41, 5.74) is 11.6. The zero-order chi connectivity index (χ0) is 49.8. The van der Waals surface area contributed by atoms with E-state index in [-0.39, 0.29) is 0 Å². The molecule has 354 valence electrons. The van der Waals surface area contributed by atoms with Gasteiger partial charge in [-0.15, -0.1) is 22.7 Å². The molecule has 0 radical (unpaired) electrons. The van der Waals surface area contributed by atoms with Crippen LogP contribution in [0.4, 0.5) is 0 Å². The second kappa shape index (κ2) is 16.9. The van der Waals surface area contributed by atoms with Gasteiger partial charge in [-0.25, -0.2) is 15.0 Å². The maximum Gasteiger partial charge on any atom is 0.238 e. The first-order valence-electron chi connectivity index (χ1n) is 25.3. The number of thiophene rings is 2. The third-order valence-corrected chi connectivity index (χ3v) is 17.1. The number of hydrogen-bond donors (Lipinski definition) is 0. The molecule has 16 aromatic rings. The van der Waals surface area contributed by atoms with Crippen molar-refractivity contribution in [3.05, 3.63) is 237 Å². The molecule has 0 bridgehead atoms. The molecule has 6 heterocycles. The minimum Gasteiger partial charge on any atom is -0.307 e. The highest BCUT2D eigenvalue weighted by Gasteiger charge is 2.25. The lowest BCUT2D eigenvalue weighted by atomic mass is 10.1. The summed E-state index contributed by atoms with van der Waals surface area (Å²) in [6.07, 6.45) is 0. The summed E-state index contributed by atoms with van der Waals surface area (Å²) < 4.78 is 9.59. The van der Waals surface area contributed by atoms with Crippen molar-refractivity contribution in [1.29, 1.82) is 0 Å². The van der Waals surface area contributed by atoms with E-state index >= 15 is 0 Å². The molecule has 0 saturated carbocycles. The fraction of sp³-hybridized carbons (Fsp3) is 0. The van der Waals surface area contributed by atoms with Crippen LogP contribution in [0, 0.1) is 0 Å². The molecule has 6 aromatic heterocycles. The Morgan fingerprint density at radius 1 is 0.263 bits per heavy atom. The highest BCUT2D eigenvalue weighted by Crippen LogP contribution is 2.44. The van der Waals surface area contributed by atoms with Gasteiger partial charge < -0.3 is 4.57 Å². The Labute approximate surface area is 443 Å². The number of para-hydroxylation sites is 2. The first kappa shape index (κ1) is 42.8. The van der Waals surface area contributed by atoms with Crippen LogP contribution < -0.4 is 0 Å². The Morgan fingerprint density at radius 3 is 1.39 bits per heavy atom. The van der Waals surface area contributed by atoms with Crippen molar-refractivity contribution < 1.29 is 0 Å². The van der Waals surface area contributed by atoms with Gasteiger partial charge in [0.25, 0.3) is 0 Å². The average Bonchev–Trinajstić information content (AvgIpc) is 4.27. The van der Waals surface area contributed by atoms with Crippen molar-refractivity contribution in [2.75, 3.05) is 0 Å². The van der Waals surface area contributed by atoms with Gasteiger partial charge in [-0.2, -0.15) is 9.97 Å². The highest BCUT2D eigenvalue weighted by molar-refractivity contribution is 7.26. The lowest BCUT2D eigenvalue weighted by Gasteiger charge is -2.14. The van der Waals surface area contributed by atoms with Gasteiger partial charge in [-0.05, 0) is 66.7 Å². The van der Waals surface area contributed by atoms with E-state index < -0.39 is 0 Å². The molecule has 0 N–H and O–H groups in total. The minimum absolute atomic E-state index is 0.538. The van der Waals surface area contributed by atoms with Gasteiger partial charge in [-0.3, -0.25) is 4.57 Å². The summed E-state index contributed by atoms with van der Waals surface area (Å²) in [6, 6.07) is 83.8. The van der Waals surface area contributed by atoms with Crippen molar-refractivity contribution >= 4 is 107 Å². The lowest BCUT2D eigenvalue weighted by Crippen LogP contribution is -2.07. The summed E-state index contributed by atoms with van der Waals surface area (Å²) in [7, 11) is 0. The number of aromatic nitrogens is 7. The van der Waals surface area contributed by atoms with Gasteiger partial charge >= 0.3 is 0 Å². The van der Waals surface area contributed by atoms with E-state index in [0.29, 0.717) is 23.4 Å². The van der Waals surface area contributed by atoms with E-state index in [1.54, 1.807) is 11.3 Å². The molecule has 0 unspecified atom stereocenters. The molecule has 16 rings (SSSR count).